The average Bonchev–Trinajstić information content (AvgIpc) is 3.54. The standard InChI is InChI=1S/C28H27FN6O4/c1-30-21-9-16(29)8-17-22-24(35-5-3-14(12-35)4-6-36)19(11-31-26(22)33-23(17)21)15-7-18-25(37)20(28(38)39)13-34(2)27(18)32-10-15/h7-11,13-14,30,36H,3-6,12H2,1-2H3,(H,31,33)(H,38,39). The Balaban J connectivity index is 1.66. The molecule has 1 aromatic carbocycles. The van der Waals surface area contributed by atoms with Crippen molar-refractivity contribution in [3.8, 4) is 11.1 Å². The lowest BCUT2D eigenvalue weighted by atomic mass is 10.0. The Kier molecular flexibility index (Phi) is 5.95. The van der Waals surface area contributed by atoms with E-state index in [0.29, 0.717) is 52.4 Å². The summed E-state index contributed by atoms with van der Waals surface area (Å²) in [6, 6.07) is 4.56. The zero-order chi connectivity index (χ0) is 27.4. The van der Waals surface area contributed by atoms with Gasteiger partial charge in [0.1, 0.15) is 22.7 Å². The molecule has 1 saturated heterocycles. The number of benzene rings is 1. The summed E-state index contributed by atoms with van der Waals surface area (Å²) in [4.78, 5) is 39.5. The highest BCUT2D eigenvalue weighted by Gasteiger charge is 2.28. The molecule has 0 bridgehead atoms. The van der Waals surface area contributed by atoms with Crippen LogP contribution in [0.25, 0.3) is 44.1 Å². The minimum Gasteiger partial charge on any atom is -0.477 e. The Morgan fingerprint density at radius 1 is 1.23 bits per heavy atom. The number of rotatable bonds is 6. The summed E-state index contributed by atoms with van der Waals surface area (Å²) in [5, 5.41) is 23.7. The van der Waals surface area contributed by atoms with Crippen molar-refractivity contribution in [1.29, 1.82) is 0 Å². The Labute approximate surface area is 221 Å². The van der Waals surface area contributed by atoms with Crippen molar-refractivity contribution in [2.24, 2.45) is 13.0 Å². The van der Waals surface area contributed by atoms with Crippen LogP contribution in [0.4, 0.5) is 15.8 Å². The zero-order valence-corrected chi connectivity index (χ0v) is 21.5. The molecule has 5 heterocycles. The Morgan fingerprint density at radius 3 is 2.79 bits per heavy atom. The van der Waals surface area contributed by atoms with E-state index >= 15 is 0 Å². The molecular formula is C28H27FN6O4. The van der Waals surface area contributed by atoms with Crippen LogP contribution in [0, 0.1) is 11.7 Å². The first-order valence-electron chi connectivity index (χ1n) is 12.7. The number of carboxylic acids is 1. The summed E-state index contributed by atoms with van der Waals surface area (Å²) in [7, 11) is 3.37. The molecule has 1 unspecified atom stereocenters. The van der Waals surface area contributed by atoms with Gasteiger partial charge in [-0.25, -0.2) is 19.2 Å². The van der Waals surface area contributed by atoms with Gasteiger partial charge in [0.2, 0.25) is 5.43 Å². The van der Waals surface area contributed by atoms with E-state index in [1.54, 1.807) is 32.6 Å². The first-order chi connectivity index (χ1) is 18.8. The van der Waals surface area contributed by atoms with Crippen LogP contribution < -0.4 is 15.6 Å². The van der Waals surface area contributed by atoms with Crippen LogP contribution in [-0.2, 0) is 7.05 Å². The number of aromatic amines is 1. The zero-order valence-electron chi connectivity index (χ0n) is 21.5. The molecule has 0 amide bonds. The quantitative estimate of drug-likeness (QED) is 0.261. The second-order valence-electron chi connectivity index (χ2n) is 9.99. The van der Waals surface area contributed by atoms with Gasteiger partial charge >= 0.3 is 5.97 Å². The SMILES string of the molecule is CNc1cc(F)cc2c1[nH]c1ncc(-c3cnc4c(c3)c(=O)c(C(=O)O)cn4C)c(N3CCC(CCO)C3)c12. The van der Waals surface area contributed by atoms with Gasteiger partial charge in [-0.05, 0) is 37.0 Å². The Morgan fingerprint density at radius 2 is 2.05 bits per heavy atom. The summed E-state index contributed by atoms with van der Waals surface area (Å²) in [6.45, 7) is 1.52. The molecule has 1 aliphatic rings. The number of halogens is 1. The molecule has 1 fully saturated rings. The van der Waals surface area contributed by atoms with Gasteiger partial charge in [0, 0.05) is 68.9 Å². The smallest absolute Gasteiger partial charge is 0.341 e. The van der Waals surface area contributed by atoms with Crippen LogP contribution in [0.1, 0.15) is 23.2 Å². The van der Waals surface area contributed by atoms with Crippen molar-refractivity contribution in [3.63, 3.8) is 0 Å². The highest BCUT2D eigenvalue weighted by atomic mass is 19.1. The van der Waals surface area contributed by atoms with E-state index in [9.17, 15) is 24.2 Å². The lowest BCUT2D eigenvalue weighted by Crippen LogP contribution is -2.21. The number of aromatic carboxylic acids is 1. The lowest BCUT2D eigenvalue weighted by Gasteiger charge is -2.23. The van der Waals surface area contributed by atoms with Gasteiger partial charge in [0.15, 0.2) is 0 Å². The summed E-state index contributed by atoms with van der Waals surface area (Å²) < 4.78 is 16.3. The van der Waals surface area contributed by atoms with E-state index in [4.69, 9.17) is 0 Å². The second-order valence-corrected chi connectivity index (χ2v) is 9.99. The molecule has 5 aromatic rings. The van der Waals surface area contributed by atoms with Crippen LogP contribution in [-0.4, -0.2) is 62.4 Å². The third-order valence-corrected chi connectivity index (χ3v) is 7.63. The number of hydrogen-bond acceptors (Lipinski definition) is 7. The number of pyridine rings is 3. The van der Waals surface area contributed by atoms with Gasteiger partial charge in [0.25, 0.3) is 0 Å². The Hall–Kier alpha value is -4.51. The van der Waals surface area contributed by atoms with E-state index in [0.717, 1.165) is 29.6 Å². The van der Waals surface area contributed by atoms with Crippen molar-refractivity contribution in [3.05, 3.63) is 58.4 Å². The molecule has 11 heteroatoms. The molecule has 39 heavy (non-hydrogen) atoms. The van der Waals surface area contributed by atoms with Gasteiger partial charge < -0.3 is 30.0 Å². The van der Waals surface area contributed by atoms with Crippen LogP contribution in [0.15, 0.2) is 41.6 Å². The number of fused-ring (bicyclic) bond motifs is 4. The third kappa shape index (κ3) is 3.97. The van der Waals surface area contributed by atoms with Crippen molar-refractivity contribution < 1.29 is 19.4 Å². The van der Waals surface area contributed by atoms with E-state index in [1.807, 2.05) is 0 Å². The van der Waals surface area contributed by atoms with Crippen molar-refractivity contribution in [2.45, 2.75) is 12.8 Å². The van der Waals surface area contributed by atoms with Crippen molar-refractivity contribution in [2.75, 3.05) is 37.0 Å². The van der Waals surface area contributed by atoms with E-state index < -0.39 is 11.4 Å². The molecule has 6 rings (SSSR count). The average molecular weight is 531 g/mol. The highest BCUT2D eigenvalue weighted by molar-refractivity contribution is 6.18. The fourth-order valence-corrected chi connectivity index (χ4v) is 5.76. The molecule has 4 N–H and O–H groups in total. The number of hydrogen-bond donors (Lipinski definition) is 4. The van der Waals surface area contributed by atoms with Crippen LogP contribution in [0.2, 0.25) is 0 Å². The summed E-state index contributed by atoms with van der Waals surface area (Å²) >= 11 is 0. The normalized spacial score (nSPS) is 15.6. The second kappa shape index (κ2) is 9.35. The van der Waals surface area contributed by atoms with Gasteiger partial charge in [-0.1, -0.05) is 0 Å². The predicted molar refractivity (Wildman–Crippen MR) is 148 cm³/mol. The number of aliphatic hydroxyl groups excluding tert-OH is 1. The topological polar surface area (TPSA) is 136 Å². The first-order valence-corrected chi connectivity index (χ1v) is 12.7. The maximum absolute atomic E-state index is 14.7. The first kappa shape index (κ1) is 24.8. The number of H-pyrrole nitrogens is 1. The lowest BCUT2D eigenvalue weighted by molar-refractivity contribution is 0.0695. The number of anilines is 2. The largest absolute Gasteiger partial charge is 0.477 e. The minimum absolute atomic E-state index is 0.102. The molecule has 1 atom stereocenters. The van der Waals surface area contributed by atoms with E-state index in [1.165, 1.54) is 22.9 Å². The minimum atomic E-state index is -1.31. The predicted octanol–water partition coefficient (Wildman–Crippen LogP) is 3.72. The number of aliphatic hydroxyl groups is 1. The molecule has 4 aromatic heterocycles. The number of aromatic nitrogens is 4. The fourth-order valence-electron chi connectivity index (χ4n) is 5.76. The molecule has 200 valence electrons. The molecular weight excluding hydrogens is 503 g/mol. The molecule has 0 spiro atoms. The number of carbonyl (C=O) groups is 1. The van der Waals surface area contributed by atoms with Crippen LogP contribution in [0.5, 0.6) is 0 Å². The number of nitrogens with zero attached hydrogens (tertiary/aromatic N) is 4. The molecule has 10 nitrogen and oxygen atoms in total. The summed E-state index contributed by atoms with van der Waals surface area (Å²) in [5.41, 5.74) is 3.45. The molecule has 0 aliphatic carbocycles. The van der Waals surface area contributed by atoms with Crippen LogP contribution >= 0.6 is 0 Å². The summed E-state index contributed by atoms with van der Waals surface area (Å²) in [6.07, 6.45) is 6.18. The number of nitrogens with one attached hydrogen (secondary N) is 2. The maximum atomic E-state index is 14.7. The number of carboxylic acid groups (broad SMARTS) is 1. The molecule has 1 aliphatic heterocycles. The van der Waals surface area contributed by atoms with Crippen molar-refractivity contribution >= 4 is 50.3 Å². The van der Waals surface area contributed by atoms with Gasteiger partial charge in [0.05, 0.1) is 27.7 Å². The van der Waals surface area contributed by atoms with Crippen molar-refractivity contribution in [1.82, 2.24) is 19.5 Å². The monoisotopic (exact) mass is 530 g/mol. The molecule has 0 saturated carbocycles. The maximum Gasteiger partial charge on any atom is 0.341 e. The molecule has 0 radical (unpaired) electrons. The van der Waals surface area contributed by atoms with E-state index in [-0.39, 0.29) is 23.4 Å². The number of aryl methyl sites for hydroxylation is 1. The fraction of sp³-hybridized carbons (Fsp3) is 0.286. The van der Waals surface area contributed by atoms with Gasteiger partial charge in [-0.3, -0.25) is 4.79 Å². The van der Waals surface area contributed by atoms with E-state index in [2.05, 4.69) is 25.2 Å². The Bertz CT molecular complexity index is 1850. The highest BCUT2D eigenvalue weighted by Crippen LogP contribution is 2.43. The van der Waals surface area contributed by atoms with Crippen LogP contribution in [0.3, 0.4) is 0 Å². The van der Waals surface area contributed by atoms with Gasteiger partial charge in [-0.15, -0.1) is 0 Å². The summed E-state index contributed by atoms with van der Waals surface area (Å²) in [5.74, 6) is -1.40. The van der Waals surface area contributed by atoms with Gasteiger partial charge in [-0.2, -0.15) is 0 Å². The third-order valence-electron chi connectivity index (χ3n) is 7.63.